The van der Waals surface area contributed by atoms with E-state index in [9.17, 15) is 0 Å². The Bertz CT molecular complexity index is 478. The minimum absolute atomic E-state index is 0.124. The lowest BCUT2D eigenvalue weighted by atomic mass is 10.0. The summed E-state index contributed by atoms with van der Waals surface area (Å²) >= 11 is 0. The Kier molecular flexibility index (Phi) is 5.12. The van der Waals surface area contributed by atoms with Gasteiger partial charge in [-0.25, -0.2) is 10.4 Å². The molecule has 4 heteroatoms. The summed E-state index contributed by atoms with van der Waals surface area (Å²) in [6.07, 6.45) is 6.99. The molecule has 2 aromatic rings. The van der Waals surface area contributed by atoms with Gasteiger partial charge in [0.05, 0.1) is 6.04 Å². The fourth-order valence-corrected chi connectivity index (χ4v) is 2.34. The summed E-state index contributed by atoms with van der Waals surface area (Å²) in [6, 6.07) is 10.7. The Morgan fingerprint density at radius 1 is 1.32 bits per heavy atom. The molecule has 0 aliphatic heterocycles. The minimum atomic E-state index is 0.124. The molecule has 0 radical (unpaired) electrons. The van der Waals surface area contributed by atoms with Gasteiger partial charge in [0.25, 0.3) is 0 Å². The number of aryl methyl sites for hydroxylation is 2. The Hall–Kier alpha value is -1.65. The molecule has 1 atom stereocenters. The van der Waals surface area contributed by atoms with Gasteiger partial charge in [-0.3, -0.25) is 5.84 Å². The van der Waals surface area contributed by atoms with Gasteiger partial charge in [0.1, 0.15) is 5.82 Å². The van der Waals surface area contributed by atoms with E-state index in [2.05, 4.69) is 46.2 Å². The van der Waals surface area contributed by atoms with Gasteiger partial charge in [-0.1, -0.05) is 30.3 Å². The van der Waals surface area contributed by atoms with Crippen LogP contribution in [-0.4, -0.2) is 9.55 Å². The normalized spacial score (nSPS) is 12.5. The number of imidazole rings is 1. The van der Waals surface area contributed by atoms with E-state index >= 15 is 0 Å². The first-order valence-corrected chi connectivity index (χ1v) is 6.86. The van der Waals surface area contributed by atoms with Crippen molar-refractivity contribution in [3.05, 3.63) is 54.1 Å². The standard InChI is InChI=1S/C15H22N4/c1-2-19-12-11-17-15(19)14(18-16)10-6-9-13-7-4-3-5-8-13/h3-5,7-8,11-12,14,18H,2,6,9-10,16H2,1H3. The van der Waals surface area contributed by atoms with Crippen LogP contribution in [0.2, 0.25) is 0 Å². The summed E-state index contributed by atoms with van der Waals surface area (Å²) < 4.78 is 2.13. The van der Waals surface area contributed by atoms with E-state index in [1.807, 2.05) is 18.5 Å². The van der Waals surface area contributed by atoms with Crippen LogP contribution in [-0.2, 0) is 13.0 Å². The molecule has 0 saturated heterocycles. The quantitative estimate of drug-likeness (QED) is 0.592. The summed E-state index contributed by atoms with van der Waals surface area (Å²) in [4.78, 5) is 4.40. The zero-order chi connectivity index (χ0) is 13.5. The summed E-state index contributed by atoms with van der Waals surface area (Å²) in [7, 11) is 0. The number of hydrogen-bond donors (Lipinski definition) is 2. The molecule has 19 heavy (non-hydrogen) atoms. The second-order valence-corrected chi connectivity index (χ2v) is 4.67. The highest BCUT2D eigenvalue weighted by molar-refractivity contribution is 5.14. The molecule has 1 unspecified atom stereocenters. The van der Waals surface area contributed by atoms with Gasteiger partial charge in [-0.05, 0) is 31.7 Å². The van der Waals surface area contributed by atoms with E-state index in [0.29, 0.717) is 0 Å². The smallest absolute Gasteiger partial charge is 0.127 e. The van der Waals surface area contributed by atoms with E-state index in [1.54, 1.807) is 0 Å². The van der Waals surface area contributed by atoms with E-state index in [1.165, 1.54) is 5.56 Å². The first-order chi connectivity index (χ1) is 9.35. The molecule has 0 aliphatic rings. The zero-order valence-corrected chi connectivity index (χ0v) is 11.4. The van der Waals surface area contributed by atoms with Crippen LogP contribution in [0.4, 0.5) is 0 Å². The van der Waals surface area contributed by atoms with Crippen LogP contribution in [0.15, 0.2) is 42.7 Å². The number of hydrazine groups is 1. The SMILES string of the molecule is CCn1ccnc1C(CCCc1ccccc1)NN. The fourth-order valence-electron chi connectivity index (χ4n) is 2.34. The highest BCUT2D eigenvalue weighted by atomic mass is 15.3. The van der Waals surface area contributed by atoms with Gasteiger partial charge in [0.15, 0.2) is 0 Å². The number of rotatable bonds is 7. The van der Waals surface area contributed by atoms with Crippen LogP contribution in [0.25, 0.3) is 0 Å². The molecule has 4 nitrogen and oxygen atoms in total. The number of nitrogens with two attached hydrogens (primary N) is 1. The second kappa shape index (κ2) is 7.07. The number of hydrogen-bond acceptors (Lipinski definition) is 3. The maximum absolute atomic E-state index is 5.66. The Balaban J connectivity index is 1.90. The van der Waals surface area contributed by atoms with Crippen molar-refractivity contribution in [2.75, 3.05) is 0 Å². The third kappa shape index (κ3) is 3.66. The predicted octanol–water partition coefficient (Wildman–Crippen LogP) is 2.43. The average Bonchev–Trinajstić information content (AvgIpc) is 2.93. The Morgan fingerprint density at radius 3 is 2.79 bits per heavy atom. The maximum atomic E-state index is 5.66. The van der Waals surface area contributed by atoms with Crippen LogP contribution in [0.5, 0.6) is 0 Å². The zero-order valence-electron chi connectivity index (χ0n) is 11.4. The molecule has 2 rings (SSSR count). The molecule has 0 fully saturated rings. The van der Waals surface area contributed by atoms with Crippen molar-refractivity contribution < 1.29 is 0 Å². The van der Waals surface area contributed by atoms with Crippen LogP contribution < -0.4 is 11.3 Å². The summed E-state index contributed by atoms with van der Waals surface area (Å²) in [5.74, 6) is 6.69. The fraction of sp³-hybridized carbons (Fsp3) is 0.400. The van der Waals surface area contributed by atoms with Gasteiger partial charge >= 0.3 is 0 Å². The Morgan fingerprint density at radius 2 is 2.11 bits per heavy atom. The van der Waals surface area contributed by atoms with Gasteiger partial charge in [0.2, 0.25) is 0 Å². The maximum Gasteiger partial charge on any atom is 0.127 e. The van der Waals surface area contributed by atoms with Gasteiger partial charge in [-0.2, -0.15) is 0 Å². The predicted molar refractivity (Wildman–Crippen MR) is 77.3 cm³/mol. The summed E-state index contributed by atoms with van der Waals surface area (Å²) in [6.45, 7) is 3.04. The molecule has 102 valence electrons. The van der Waals surface area contributed by atoms with Crippen LogP contribution in [0.3, 0.4) is 0 Å². The third-order valence-electron chi connectivity index (χ3n) is 3.40. The van der Waals surface area contributed by atoms with Crippen LogP contribution in [0, 0.1) is 0 Å². The number of aromatic nitrogens is 2. The van der Waals surface area contributed by atoms with E-state index in [4.69, 9.17) is 5.84 Å². The lowest BCUT2D eigenvalue weighted by molar-refractivity contribution is 0.456. The molecule has 3 N–H and O–H groups in total. The number of nitrogens with zero attached hydrogens (tertiary/aromatic N) is 2. The van der Waals surface area contributed by atoms with Gasteiger partial charge in [0, 0.05) is 18.9 Å². The largest absolute Gasteiger partial charge is 0.334 e. The van der Waals surface area contributed by atoms with Crippen LogP contribution >= 0.6 is 0 Å². The van der Waals surface area contributed by atoms with Gasteiger partial charge in [-0.15, -0.1) is 0 Å². The number of benzene rings is 1. The van der Waals surface area contributed by atoms with Crippen molar-refractivity contribution in [1.82, 2.24) is 15.0 Å². The molecule has 0 aliphatic carbocycles. The molecule has 0 bridgehead atoms. The molecule has 1 aromatic heterocycles. The van der Waals surface area contributed by atoms with Crippen molar-refractivity contribution in [2.45, 2.75) is 38.8 Å². The highest BCUT2D eigenvalue weighted by Gasteiger charge is 2.14. The molecular weight excluding hydrogens is 236 g/mol. The lowest BCUT2D eigenvalue weighted by Crippen LogP contribution is -2.30. The summed E-state index contributed by atoms with van der Waals surface area (Å²) in [5.41, 5.74) is 4.25. The monoisotopic (exact) mass is 258 g/mol. The van der Waals surface area contributed by atoms with Crippen molar-refractivity contribution in [2.24, 2.45) is 5.84 Å². The average molecular weight is 258 g/mol. The van der Waals surface area contributed by atoms with Crippen molar-refractivity contribution >= 4 is 0 Å². The second-order valence-electron chi connectivity index (χ2n) is 4.67. The highest BCUT2D eigenvalue weighted by Crippen LogP contribution is 2.17. The molecule has 0 amide bonds. The third-order valence-corrected chi connectivity index (χ3v) is 3.40. The molecule has 0 spiro atoms. The van der Waals surface area contributed by atoms with E-state index in [0.717, 1.165) is 31.6 Å². The minimum Gasteiger partial charge on any atom is -0.334 e. The molecule has 1 aromatic carbocycles. The molecule has 0 saturated carbocycles. The van der Waals surface area contributed by atoms with Crippen molar-refractivity contribution in [1.29, 1.82) is 0 Å². The lowest BCUT2D eigenvalue weighted by Gasteiger charge is -2.16. The van der Waals surface area contributed by atoms with E-state index in [-0.39, 0.29) is 6.04 Å². The first kappa shape index (κ1) is 13.8. The van der Waals surface area contributed by atoms with Crippen molar-refractivity contribution in [3.8, 4) is 0 Å². The Labute approximate surface area is 114 Å². The van der Waals surface area contributed by atoms with Crippen molar-refractivity contribution in [3.63, 3.8) is 0 Å². The number of nitrogens with one attached hydrogen (secondary N) is 1. The summed E-state index contributed by atoms with van der Waals surface area (Å²) in [5, 5.41) is 0. The van der Waals surface area contributed by atoms with Crippen LogP contribution in [0.1, 0.15) is 37.2 Å². The van der Waals surface area contributed by atoms with Gasteiger partial charge < -0.3 is 4.57 Å². The topological polar surface area (TPSA) is 55.9 Å². The molecular formula is C15H22N4. The molecule has 1 heterocycles. The first-order valence-electron chi connectivity index (χ1n) is 6.86. The van der Waals surface area contributed by atoms with E-state index < -0.39 is 0 Å².